The summed E-state index contributed by atoms with van der Waals surface area (Å²) in [5, 5.41) is 0. The van der Waals surface area contributed by atoms with E-state index < -0.39 is 5.60 Å². The molecule has 2 aliphatic heterocycles. The number of fused-ring (bicyclic) bond motifs is 2. The number of carbonyl (C=O) groups is 1. The lowest BCUT2D eigenvalue weighted by atomic mass is 9.74. The Kier molecular flexibility index (Phi) is 6.71. The third-order valence-corrected chi connectivity index (χ3v) is 6.44. The van der Waals surface area contributed by atoms with Crippen LogP contribution in [0.5, 0.6) is 5.75 Å². The number of benzene rings is 2. The average Bonchev–Trinajstić information content (AvgIpc) is 3.11. The van der Waals surface area contributed by atoms with Gasteiger partial charge in [-0.25, -0.2) is 0 Å². The van der Waals surface area contributed by atoms with Crippen molar-refractivity contribution in [2.45, 2.75) is 57.5 Å². The van der Waals surface area contributed by atoms with E-state index in [1.54, 1.807) is 0 Å². The lowest BCUT2D eigenvalue weighted by Crippen LogP contribution is -2.44. The Morgan fingerprint density at radius 1 is 1.06 bits per heavy atom. The molecule has 0 amide bonds. The van der Waals surface area contributed by atoms with Gasteiger partial charge in [0, 0.05) is 17.4 Å². The summed E-state index contributed by atoms with van der Waals surface area (Å²) in [6.07, 6.45) is 7.84. The molecule has 1 saturated heterocycles. The Morgan fingerprint density at radius 3 is 2.50 bits per heavy atom. The van der Waals surface area contributed by atoms with Crippen LogP contribution in [0.1, 0.15) is 63.1 Å². The molecule has 2 aromatic rings. The Balaban J connectivity index is 1.30. The van der Waals surface area contributed by atoms with Crippen LogP contribution < -0.4 is 4.74 Å². The van der Waals surface area contributed by atoms with Gasteiger partial charge < -0.3 is 14.4 Å². The van der Waals surface area contributed by atoms with Crippen LogP contribution in [0, 0.1) is 0 Å². The number of nitrogens with zero attached hydrogens (tertiary/aromatic N) is 1. The first kappa shape index (κ1) is 22.6. The molecule has 0 aromatic heterocycles. The van der Waals surface area contributed by atoms with Crippen molar-refractivity contribution in [3.63, 3.8) is 0 Å². The van der Waals surface area contributed by atoms with Gasteiger partial charge in [0.15, 0.2) is 0 Å². The van der Waals surface area contributed by atoms with Crippen molar-refractivity contribution in [1.82, 2.24) is 4.90 Å². The van der Waals surface area contributed by atoms with E-state index in [4.69, 9.17) is 9.47 Å². The molecule has 0 atom stereocenters. The summed E-state index contributed by atoms with van der Waals surface area (Å²) in [5.74, 6) is 0.944. The Hall–Kier alpha value is -2.59. The molecule has 170 valence electrons. The summed E-state index contributed by atoms with van der Waals surface area (Å²) in [5.41, 5.74) is 3.47. The van der Waals surface area contributed by atoms with Crippen molar-refractivity contribution >= 4 is 18.1 Å². The maximum atomic E-state index is 11.9. The van der Waals surface area contributed by atoms with E-state index >= 15 is 0 Å². The van der Waals surface area contributed by atoms with Gasteiger partial charge in [0.2, 0.25) is 0 Å². The highest BCUT2D eigenvalue weighted by Crippen LogP contribution is 2.46. The molecule has 0 bridgehead atoms. The number of likely N-dealkylation sites (tertiary alicyclic amines) is 1. The molecule has 2 aliphatic rings. The van der Waals surface area contributed by atoms with Crippen molar-refractivity contribution in [1.29, 1.82) is 0 Å². The topological polar surface area (TPSA) is 38.8 Å². The smallest absolute Gasteiger partial charge is 0.306 e. The quantitative estimate of drug-likeness (QED) is 0.432. The van der Waals surface area contributed by atoms with Gasteiger partial charge in [0.1, 0.15) is 11.4 Å². The Labute approximate surface area is 192 Å². The van der Waals surface area contributed by atoms with Crippen molar-refractivity contribution < 1.29 is 14.3 Å². The monoisotopic (exact) mass is 433 g/mol. The molecule has 1 fully saturated rings. The predicted molar refractivity (Wildman–Crippen MR) is 130 cm³/mol. The first-order valence-corrected chi connectivity index (χ1v) is 11.8. The van der Waals surface area contributed by atoms with Gasteiger partial charge in [-0.1, -0.05) is 54.6 Å². The van der Waals surface area contributed by atoms with Crippen LogP contribution in [-0.2, 0) is 14.9 Å². The molecule has 2 heterocycles. The molecule has 0 N–H and O–H groups in total. The number of hydrogen-bond acceptors (Lipinski definition) is 4. The highest BCUT2D eigenvalue weighted by molar-refractivity contribution is 5.71. The van der Waals surface area contributed by atoms with Crippen molar-refractivity contribution in [2.75, 3.05) is 26.2 Å². The lowest BCUT2D eigenvalue weighted by molar-refractivity contribution is -0.155. The first-order chi connectivity index (χ1) is 15.3. The molecule has 32 heavy (non-hydrogen) atoms. The molecule has 0 radical (unpaired) electrons. The second-order valence-corrected chi connectivity index (χ2v) is 10.1. The van der Waals surface area contributed by atoms with E-state index in [0.717, 1.165) is 51.3 Å². The molecule has 1 spiro atoms. The minimum absolute atomic E-state index is 0.0961. The summed E-state index contributed by atoms with van der Waals surface area (Å²) in [4.78, 5) is 14.4. The zero-order valence-corrected chi connectivity index (χ0v) is 19.6. The molecular weight excluding hydrogens is 398 g/mol. The first-order valence-electron chi connectivity index (χ1n) is 11.8. The SMILES string of the molecule is CC(C)(C)OC(=O)CCCN1CCC2(CC1)COc1cc(/C=C/c3ccccc3)ccc12. The Bertz CT molecular complexity index is 950. The van der Waals surface area contributed by atoms with Crippen LogP contribution in [-0.4, -0.2) is 42.7 Å². The molecule has 4 rings (SSSR count). The van der Waals surface area contributed by atoms with Crippen LogP contribution in [0.4, 0.5) is 0 Å². The van der Waals surface area contributed by atoms with Gasteiger partial charge >= 0.3 is 5.97 Å². The van der Waals surface area contributed by atoms with E-state index in [9.17, 15) is 4.79 Å². The van der Waals surface area contributed by atoms with Crippen LogP contribution >= 0.6 is 0 Å². The second kappa shape index (κ2) is 9.50. The number of hydrogen-bond donors (Lipinski definition) is 0. The summed E-state index contributed by atoms with van der Waals surface area (Å²) >= 11 is 0. The van der Waals surface area contributed by atoms with Crippen LogP contribution in [0.25, 0.3) is 12.2 Å². The molecule has 0 saturated carbocycles. The minimum atomic E-state index is -0.401. The van der Waals surface area contributed by atoms with Crippen LogP contribution in [0.3, 0.4) is 0 Å². The fourth-order valence-electron chi connectivity index (χ4n) is 4.71. The summed E-state index contributed by atoms with van der Waals surface area (Å²) < 4.78 is 11.6. The summed E-state index contributed by atoms with van der Waals surface area (Å²) in [7, 11) is 0. The van der Waals surface area contributed by atoms with Crippen LogP contribution in [0.15, 0.2) is 48.5 Å². The number of carbonyl (C=O) groups excluding carboxylic acids is 1. The highest BCUT2D eigenvalue weighted by Gasteiger charge is 2.42. The summed E-state index contributed by atoms with van der Waals surface area (Å²) in [6.45, 7) is 9.57. The normalized spacial score (nSPS) is 18.0. The number of ether oxygens (including phenoxy) is 2. The average molecular weight is 434 g/mol. The number of rotatable bonds is 6. The minimum Gasteiger partial charge on any atom is -0.492 e. The summed E-state index contributed by atoms with van der Waals surface area (Å²) in [6, 6.07) is 17.0. The standard InChI is InChI=1S/C28H35NO3/c1-27(2,3)32-26(30)10-7-17-29-18-15-28(16-19-29)21-31-25-20-23(13-14-24(25)28)12-11-22-8-5-4-6-9-22/h4-6,8-9,11-14,20H,7,10,15-19,21H2,1-3H3/b12-11+. The molecule has 2 aromatic carbocycles. The van der Waals surface area contributed by atoms with Crippen molar-refractivity contribution in [3.05, 3.63) is 65.2 Å². The van der Waals surface area contributed by atoms with Gasteiger partial charge in [-0.15, -0.1) is 0 Å². The Morgan fingerprint density at radius 2 is 1.78 bits per heavy atom. The second-order valence-electron chi connectivity index (χ2n) is 10.1. The molecule has 0 aliphatic carbocycles. The zero-order chi connectivity index (χ0) is 22.6. The maximum absolute atomic E-state index is 11.9. The molecule has 4 heteroatoms. The predicted octanol–water partition coefficient (Wildman–Crippen LogP) is 5.70. The van der Waals surface area contributed by atoms with Gasteiger partial charge in [-0.3, -0.25) is 4.79 Å². The third-order valence-electron chi connectivity index (χ3n) is 6.44. The van der Waals surface area contributed by atoms with E-state index in [2.05, 4.69) is 59.5 Å². The largest absolute Gasteiger partial charge is 0.492 e. The fourth-order valence-corrected chi connectivity index (χ4v) is 4.71. The van der Waals surface area contributed by atoms with E-state index in [1.807, 2.05) is 26.8 Å². The van der Waals surface area contributed by atoms with Crippen molar-refractivity contribution in [3.8, 4) is 5.75 Å². The van der Waals surface area contributed by atoms with Gasteiger partial charge in [0.05, 0.1) is 6.61 Å². The molecular formula is C28H35NO3. The lowest BCUT2D eigenvalue weighted by Gasteiger charge is -2.38. The molecule has 4 nitrogen and oxygen atoms in total. The van der Waals surface area contributed by atoms with Gasteiger partial charge in [0.25, 0.3) is 0 Å². The third kappa shape index (κ3) is 5.60. The van der Waals surface area contributed by atoms with Gasteiger partial charge in [-0.05, 0) is 76.9 Å². The van der Waals surface area contributed by atoms with E-state index in [-0.39, 0.29) is 11.4 Å². The fraction of sp³-hybridized carbons (Fsp3) is 0.464. The van der Waals surface area contributed by atoms with Gasteiger partial charge in [-0.2, -0.15) is 0 Å². The number of piperidine rings is 1. The van der Waals surface area contributed by atoms with E-state index in [0.29, 0.717) is 6.42 Å². The van der Waals surface area contributed by atoms with Crippen molar-refractivity contribution in [2.24, 2.45) is 0 Å². The molecule has 0 unspecified atom stereocenters. The zero-order valence-electron chi connectivity index (χ0n) is 19.6. The highest BCUT2D eigenvalue weighted by atomic mass is 16.6. The maximum Gasteiger partial charge on any atom is 0.306 e. The van der Waals surface area contributed by atoms with E-state index in [1.165, 1.54) is 16.7 Å². The van der Waals surface area contributed by atoms with Crippen LogP contribution in [0.2, 0.25) is 0 Å². The number of esters is 1.